The zero-order valence-electron chi connectivity index (χ0n) is 30.7. The first kappa shape index (κ1) is 33.5. The molecule has 0 fully saturated rings. The van der Waals surface area contributed by atoms with Crippen molar-refractivity contribution in [2.45, 2.75) is 26.2 Å². The van der Waals surface area contributed by atoms with Gasteiger partial charge in [0.15, 0.2) is 5.82 Å². The summed E-state index contributed by atoms with van der Waals surface area (Å²) < 4.78 is 10.8. The topological polar surface area (TPSA) is 81.5 Å². The molecule has 7 heteroatoms. The molecule has 9 aromatic rings. The van der Waals surface area contributed by atoms with Gasteiger partial charge in [0.05, 0.1) is 28.4 Å². The van der Waals surface area contributed by atoms with Gasteiger partial charge in [0.2, 0.25) is 0 Å². The van der Waals surface area contributed by atoms with Crippen molar-refractivity contribution in [2.75, 3.05) is 0 Å². The van der Waals surface area contributed by atoms with Crippen molar-refractivity contribution in [3.63, 3.8) is 0 Å². The number of nitrogens with zero attached hydrogens (tertiary/aromatic N) is 6. The monoisotopic (exact) mass is 712 g/mol. The molecule has 0 saturated heterocycles. The fraction of sp³-hybridized carbons (Fsp3) is 0.0833. The Bertz CT molecular complexity index is 2820. The average molecular weight is 713 g/mol. The first-order valence-corrected chi connectivity index (χ1v) is 18.2. The zero-order chi connectivity index (χ0) is 37.5. The van der Waals surface area contributed by atoms with E-state index in [1.54, 1.807) is 12.5 Å². The smallest absolute Gasteiger partial charge is 0.168 e. The first-order valence-electron chi connectivity index (χ1n) is 18.2. The maximum absolute atomic E-state index is 9.65. The number of nitriles is 1. The molecule has 0 N–H and O–H groups in total. The summed E-state index contributed by atoms with van der Waals surface area (Å²) in [4.78, 5) is 4.66. The van der Waals surface area contributed by atoms with E-state index in [1.807, 2.05) is 91.0 Å². The Morgan fingerprint density at radius 3 is 1.98 bits per heavy atom. The minimum absolute atomic E-state index is 0.0815. The highest BCUT2D eigenvalue weighted by molar-refractivity contribution is 6.10. The van der Waals surface area contributed by atoms with Gasteiger partial charge in [0, 0.05) is 39.7 Å². The van der Waals surface area contributed by atoms with Crippen LogP contribution in [0.3, 0.4) is 0 Å². The Morgan fingerprint density at radius 1 is 0.618 bits per heavy atom. The second-order valence-corrected chi connectivity index (χ2v) is 14.6. The number of hydrogen-bond donors (Lipinski definition) is 0. The molecule has 6 aromatic carbocycles. The van der Waals surface area contributed by atoms with Crippen molar-refractivity contribution in [1.29, 1.82) is 5.26 Å². The number of rotatable bonds is 7. The van der Waals surface area contributed by atoms with Gasteiger partial charge in [-0.1, -0.05) is 99.6 Å². The Balaban J connectivity index is 1.16. The van der Waals surface area contributed by atoms with E-state index < -0.39 is 0 Å². The highest BCUT2D eigenvalue weighted by atomic mass is 16.5. The summed E-state index contributed by atoms with van der Waals surface area (Å²) in [5.41, 5.74) is 9.94. The third-order valence-electron chi connectivity index (χ3n) is 10.0. The molecule has 55 heavy (non-hydrogen) atoms. The number of ether oxygens (including phenoxy) is 1. The lowest BCUT2D eigenvalue weighted by molar-refractivity contribution is 0.483. The van der Waals surface area contributed by atoms with Crippen molar-refractivity contribution < 1.29 is 4.74 Å². The maximum Gasteiger partial charge on any atom is 0.168 e. The highest BCUT2D eigenvalue weighted by Crippen LogP contribution is 2.42. The Labute approximate surface area is 319 Å². The lowest BCUT2D eigenvalue weighted by Gasteiger charge is -2.25. The molecule has 0 bridgehead atoms. The molecular weight excluding hydrogens is 677 g/mol. The van der Waals surface area contributed by atoms with E-state index in [4.69, 9.17) is 9.84 Å². The van der Waals surface area contributed by atoms with E-state index in [1.165, 1.54) is 5.56 Å². The fourth-order valence-electron chi connectivity index (χ4n) is 7.30. The molecule has 0 aliphatic carbocycles. The summed E-state index contributed by atoms with van der Waals surface area (Å²) >= 11 is 0. The van der Waals surface area contributed by atoms with Gasteiger partial charge in [-0.15, -0.1) is 10.2 Å². The van der Waals surface area contributed by atoms with Crippen LogP contribution in [0.5, 0.6) is 11.5 Å². The van der Waals surface area contributed by atoms with Crippen molar-refractivity contribution in [1.82, 2.24) is 24.3 Å². The lowest BCUT2D eigenvalue weighted by atomic mass is 9.82. The molecule has 7 nitrogen and oxygen atoms in total. The van der Waals surface area contributed by atoms with Gasteiger partial charge in [0.1, 0.15) is 23.6 Å². The van der Waals surface area contributed by atoms with Gasteiger partial charge in [-0.3, -0.25) is 9.13 Å². The van der Waals surface area contributed by atoms with E-state index in [0.29, 0.717) is 22.9 Å². The van der Waals surface area contributed by atoms with Crippen molar-refractivity contribution in [3.05, 3.63) is 175 Å². The van der Waals surface area contributed by atoms with Crippen LogP contribution in [-0.2, 0) is 5.41 Å². The quantitative estimate of drug-likeness (QED) is 0.164. The first-order chi connectivity index (χ1) is 26.9. The highest BCUT2D eigenvalue weighted by Gasteiger charge is 2.24. The fourth-order valence-corrected chi connectivity index (χ4v) is 7.30. The van der Waals surface area contributed by atoms with Crippen LogP contribution < -0.4 is 4.74 Å². The molecule has 9 rings (SSSR count). The van der Waals surface area contributed by atoms with Crippen LogP contribution in [0.25, 0.3) is 67.0 Å². The summed E-state index contributed by atoms with van der Waals surface area (Å²) in [7, 11) is 0. The normalized spacial score (nSPS) is 11.5. The Hall–Kier alpha value is -7.30. The maximum atomic E-state index is 9.65. The largest absolute Gasteiger partial charge is 0.457 e. The third-order valence-corrected chi connectivity index (χ3v) is 10.0. The third kappa shape index (κ3) is 6.20. The molecule has 0 spiro atoms. The number of fused-ring (bicyclic) bond motifs is 3. The molecule has 0 aliphatic heterocycles. The number of aromatic nitrogens is 5. The van der Waals surface area contributed by atoms with Gasteiger partial charge in [-0.05, 0) is 88.8 Å². The molecule has 0 unspecified atom stereocenters. The average Bonchev–Trinajstić information content (AvgIpc) is 3.84. The van der Waals surface area contributed by atoms with E-state index in [-0.39, 0.29) is 5.41 Å². The number of benzene rings is 6. The minimum Gasteiger partial charge on any atom is -0.457 e. The van der Waals surface area contributed by atoms with Gasteiger partial charge in [-0.25, -0.2) is 4.98 Å². The van der Waals surface area contributed by atoms with Gasteiger partial charge in [-0.2, -0.15) is 5.26 Å². The standard InChI is InChI=1S/C48H36N6O/c1-48(2,3)36-27-40(33-13-6-4-7-14-33)46(41(28-36)34-15-8-5-9-16-34)53-31-51-52-47(53)35-17-12-18-37(26-35)55-38-21-22-39-42-25-32(30-49)20-23-43(42)54(44(39)29-38)45-19-10-11-24-50-45/h4-29,31H,1-3H3. The van der Waals surface area contributed by atoms with E-state index in [0.717, 1.165) is 61.1 Å². The SMILES string of the molecule is CC(C)(C)c1cc(-c2ccccc2)c(-n2cnnc2-c2cccc(Oc3ccc4c5cc(C#N)ccc5n(-c5ccccn5)c4c3)c2)c(-c2ccccc2)c1. The van der Waals surface area contributed by atoms with Gasteiger partial charge in [0.25, 0.3) is 0 Å². The van der Waals surface area contributed by atoms with Crippen molar-refractivity contribution >= 4 is 21.8 Å². The van der Waals surface area contributed by atoms with Crippen LogP contribution in [0.15, 0.2) is 164 Å². The summed E-state index contributed by atoms with van der Waals surface area (Å²) in [5, 5.41) is 20.8. The van der Waals surface area contributed by atoms with Gasteiger partial charge >= 0.3 is 0 Å². The second-order valence-electron chi connectivity index (χ2n) is 14.6. The summed E-state index contributed by atoms with van der Waals surface area (Å²) in [6, 6.07) is 53.6. The predicted octanol–water partition coefficient (Wildman–Crippen LogP) is 11.7. The molecule has 264 valence electrons. The predicted molar refractivity (Wildman–Crippen MR) is 220 cm³/mol. The zero-order valence-corrected chi connectivity index (χ0v) is 30.7. The molecular formula is C48H36N6O. The van der Waals surface area contributed by atoms with Crippen molar-refractivity contribution in [2.24, 2.45) is 0 Å². The van der Waals surface area contributed by atoms with E-state index in [2.05, 4.69) is 107 Å². The number of pyridine rings is 1. The van der Waals surface area contributed by atoms with Crippen LogP contribution in [0.2, 0.25) is 0 Å². The van der Waals surface area contributed by atoms with Crippen LogP contribution in [0.1, 0.15) is 31.9 Å². The van der Waals surface area contributed by atoms with E-state index >= 15 is 0 Å². The lowest BCUT2D eigenvalue weighted by Crippen LogP contribution is -2.13. The molecule has 3 heterocycles. The minimum atomic E-state index is -0.0815. The van der Waals surface area contributed by atoms with Crippen molar-refractivity contribution in [3.8, 4) is 62.7 Å². The van der Waals surface area contributed by atoms with E-state index in [9.17, 15) is 5.26 Å². The molecule has 0 aliphatic rings. The van der Waals surface area contributed by atoms with Crippen LogP contribution in [-0.4, -0.2) is 24.3 Å². The molecule has 0 atom stereocenters. The van der Waals surface area contributed by atoms with Gasteiger partial charge < -0.3 is 4.74 Å². The molecule has 3 aromatic heterocycles. The summed E-state index contributed by atoms with van der Waals surface area (Å²) in [6.45, 7) is 6.76. The Kier molecular flexibility index (Phi) is 8.29. The second kappa shape index (κ2) is 13.6. The summed E-state index contributed by atoms with van der Waals surface area (Å²) in [5.74, 6) is 2.81. The number of hydrogen-bond acceptors (Lipinski definition) is 5. The summed E-state index contributed by atoms with van der Waals surface area (Å²) in [6.07, 6.45) is 3.59. The Morgan fingerprint density at radius 2 is 1.31 bits per heavy atom. The molecule has 0 amide bonds. The van der Waals surface area contributed by atoms with Crippen LogP contribution in [0, 0.1) is 11.3 Å². The molecule has 0 saturated carbocycles. The van der Waals surface area contributed by atoms with Crippen LogP contribution >= 0.6 is 0 Å². The van der Waals surface area contributed by atoms with Crippen LogP contribution in [0.4, 0.5) is 0 Å². The molecule has 0 radical (unpaired) electrons.